The van der Waals surface area contributed by atoms with Gasteiger partial charge >= 0.3 is 0 Å². The average Bonchev–Trinajstić information content (AvgIpc) is 2.38. The van der Waals surface area contributed by atoms with Crippen molar-refractivity contribution in [3.05, 3.63) is 11.7 Å². The van der Waals surface area contributed by atoms with Gasteiger partial charge in [-0.05, 0) is 0 Å². The first-order valence-corrected chi connectivity index (χ1v) is 3.40. The van der Waals surface area contributed by atoms with Crippen LogP contribution in [0, 0.1) is 0 Å². The van der Waals surface area contributed by atoms with Gasteiger partial charge in [0.2, 0.25) is 5.89 Å². The minimum Gasteiger partial charge on any atom is -0.396 e. The molecule has 62 valence electrons. The summed E-state index contributed by atoms with van der Waals surface area (Å²) in [6.45, 7) is 0.0128. The summed E-state index contributed by atoms with van der Waals surface area (Å²) in [4.78, 5) is 3.89. The Morgan fingerprint density at radius 3 is 2.55 bits per heavy atom. The van der Waals surface area contributed by atoms with Gasteiger partial charge in [-0.1, -0.05) is 5.16 Å². The lowest BCUT2D eigenvalue weighted by molar-refractivity contribution is 0.272. The van der Waals surface area contributed by atoms with Crippen LogP contribution in [0.4, 0.5) is 0 Å². The Kier molecular flexibility index (Phi) is 3.00. The Morgan fingerprint density at radius 1 is 1.18 bits per heavy atom. The van der Waals surface area contributed by atoms with E-state index in [1.165, 1.54) is 0 Å². The topological polar surface area (TPSA) is 79.4 Å². The second-order valence-corrected chi connectivity index (χ2v) is 2.05. The fraction of sp³-hybridized carbons (Fsp3) is 0.667. The number of rotatable bonds is 4. The average molecular weight is 158 g/mol. The van der Waals surface area contributed by atoms with Crippen LogP contribution in [0.1, 0.15) is 11.7 Å². The van der Waals surface area contributed by atoms with Crippen molar-refractivity contribution in [1.82, 2.24) is 10.1 Å². The van der Waals surface area contributed by atoms with Crippen molar-refractivity contribution >= 4 is 0 Å². The Morgan fingerprint density at radius 2 is 1.91 bits per heavy atom. The number of aliphatic hydroxyl groups excluding tert-OH is 2. The van der Waals surface area contributed by atoms with Gasteiger partial charge in [-0.2, -0.15) is 4.98 Å². The molecular formula is C6H10N2O3. The molecule has 0 aliphatic rings. The minimum absolute atomic E-state index is 0.000752. The fourth-order valence-electron chi connectivity index (χ4n) is 0.689. The van der Waals surface area contributed by atoms with Gasteiger partial charge < -0.3 is 14.7 Å². The first kappa shape index (κ1) is 8.16. The van der Waals surface area contributed by atoms with Crippen molar-refractivity contribution in [2.24, 2.45) is 0 Å². The van der Waals surface area contributed by atoms with Crippen molar-refractivity contribution in [2.75, 3.05) is 13.2 Å². The van der Waals surface area contributed by atoms with E-state index in [0.29, 0.717) is 24.6 Å². The second kappa shape index (κ2) is 4.05. The van der Waals surface area contributed by atoms with Crippen molar-refractivity contribution in [1.29, 1.82) is 0 Å². The van der Waals surface area contributed by atoms with Crippen LogP contribution in [0.5, 0.6) is 0 Å². The van der Waals surface area contributed by atoms with E-state index >= 15 is 0 Å². The SMILES string of the molecule is OCCc1noc(CCO)n1. The van der Waals surface area contributed by atoms with Crippen molar-refractivity contribution in [3.8, 4) is 0 Å². The Hall–Kier alpha value is -0.940. The number of aromatic nitrogens is 2. The van der Waals surface area contributed by atoms with Crippen molar-refractivity contribution in [3.63, 3.8) is 0 Å². The van der Waals surface area contributed by atoms with E-state index in [1.54, 1.807) is 0 Å². The summed E-state index contributed by atoms with van der Waals surface area (Å²) in [5.41, 5.74) is 0. The number of hydrogen-bond acceptors (Lipinski definition) is 5. The molecule has 1 heterocycles. The smallest absolute Gasteiger partial charge is 0.228 e. The highest BCUT2D eigenvalue weighted by molar-refractivity contribution is 4.86. The van der Waals surface area contributed by atoms with Crippen LogP contribution in [0.25, 0.3) is 0 Å². The summed E-state index contributed by atoms with van der Waals surface area (Å²) in [5, 5.41) is 20.5. The molecule has 5 heteroatoms. The zero-order valence-electron chi connectivity index (χ0n) is 6.03. The summed E-state index contributed by atoms with van der Waals surface area (Å²) in [6, 6.07) is 0. The lowest BCUT2D eigenvalue weighted by Crippen LogP contribution is -1.94. The first-order chi connectivity index (χ1) is 5.36. The van der Waals surface area contributed by atoms with Gasteiger partial charge in [-0.15, -0.1) is 0 Å². The molecule has 2 N–H and O–H groups in total. The summed E-state index contributed by atoms with van der Waals surface area (Å²) in [5.74, 6) is 0.895. The van der Waals surface area contributed by atoms with Crippen LogP contribution >= 0.6 is 0 Å². The predicted molar refractivity (Wildman–Crippen MR) is 35.9 cm³/mol. The molecule has 0 atom stereocenters. The molecule has 0 radical (unpaired) electrons. The lowest BCUT2D eigenvalue weighted by Gasteiger charge is -1.84. The quantitative estimate of drug-likeness (QED) is 0.596. The van der Waals surface area contributed by atoms with Gasteiger partial charge in [0.1, 0.15) is 0 Å². The van der Waals surface area contributed by atoms with E-state index in [0.717, 1.165) is 0 Å². The largest absolute Gasteiger partial charge is 0.396 e. The monoisotopic (exact) mass is 158 g/mol. The number of hydrogen-bond donors (Lipinski definition) is 2. The maximum Gasteiger partial charge on any atom is 0.228 e. The van der Waals surface area contributed by atoms with Gasteiger partial charge in [0.05, 0.1) is 19.6 Å². The molecule has 5 nitrogen and oxygen atoms in total. The molecular weight excluding hydrogens is 148 g/mol. The Bertz CT molecular complexity index is 191. The highest BCUT2D eigenvalue weighted by Gasteiger charge is 2.03. The van der Waals surface area contributed by atoms with Crippen LogP contribution in [-0.2, 0) is 12.8 Å². The fourth-order valence-corrected chi connectivity index (χ4v) is 0.689. The predicted octanol–water partition coefficient (Wildman–Crippen LogP) is -0.861. The zero-order valence-corrected chi connectivity index (χ0v) is 6.03. The Labute approximate surface area is 63.7 Å². The van der Waals surface area contributed by atoms with E-state index in [1.807, 2.05) is 0 Å². The van der Waals surface area contributed by atoms with Crippen molar-refractivity contribution in [2.45, 2.75) is 12.8 Å². The molecule has 0 saturated heterocycles. The molecule has 0 aliphatic carbocycles. The molecule has 0 aliphatic heterocycles. The maximum absolute atomic E-state index is 8.49. The molecule has 0 saturated carbocycles. The summed E-state index contributed by atoms with van der Waals surface area (Å²) in [6.07, 6.45) is 0.771. The van der Waals surface area contributed by atoms with Crippen molar-refractivity contribution < 1.29 is 14.7 Å². The third-order valence-electron chi connectivity index (χ3n) is 1.17. The normalized spacial score (nSPS) is 10.4. The van der Waals surface area contributed by atoms with E-state index in [-0.39, 0.29) is 13.2 Å². The van der Waals surface area contributed by atoms with E-state index in [9.17, 15) is 0 Å². The molecule has 0 aromatic carbocycles. The van der Waals surface area contributed by atoms with Crippen LogP contribution in [0.15, 0.2) is 4.52 Å². The Balaban J connectivity index is 2.51. The van der Waals surface area contributed by atoms with Crippen LogP contribution < -0.4 is 0 Å². The molecule has 0 amide bonds. The highest BCUT2D eigenvalue weighted by atomic mass is 16.5. The first-order valence-electron chi connectivity index (χ1n) is 3.40. The highest BCUT2D eigenvalue weighted by Crippen LogP contribution is 1.97. The summed E-state index contributed by atoms with van der Waals surface area (Å²) < 4.78 is 4.73. The molecule has 1 aromatic rings. The standard InChI is InChI=1S/C6H10N2O3/c9-3-1-5-7-6(2-4-10)11-8-5/h9-10H,1-4H2. The van der Waals surface area contributed by atoms with Gasteiger partial charge in [0, 0.05) is 6.42 Å². The second-order valence-electron chi connectivity index (χ2n) is 2.05. The minimum atomic E-state index is 0.000752. The molecule has 0 fully saturated rings. The molecule has 11 heavy (non-hydrogen) atoms. The molecule has 1 rings (SSSR count). The molecule has 0 bridgehead atoms. The van der Waals surface area contributed by atoms with Crippen LogP contribution in [0.3, 0.4) is 0 Å². The van der Waals surface area contributed by atoms with Gasteiger partial charge in [0.15, 0.2) is 5.82 Å². The third-order valence-corrected chi connectivity index (χ3v) is 1.17. The third kappa shape index (κ3) is 2.28. The molecule has 1 aromatic heterocycles. The molecule has 0 spiro atoms. The number of nitrogens with zero attached hydrogens (tertiary/aromatic N) is 2. The van der Waals surface area contributed by atoms with E-state index < -0.39 is 0 Å². The number of aliphatic hydroxyl groups is 2. The maximum atomic E-state index is 8.49. The zero-order chi connectivity index (χ0) is 8.10. The summed E-state index contributed by atoms with van der Waals surface area (Å²) in [7, 11) is 0. The summed E-state index contributed by atoms with van der Waals surface area (Å²) >= 11 is 0. The van der Waals surface area contributed by atoms with Gasteiger partial charge in [-0.3, -0.25) is 0 Å². The van der Waals surface area contributed by atoms with E-state index in [4.69, 9.17) is 14.7 Å². The van der Waals surface area contributed by atoms with E-state index in [2.05, 4.69) is 10.1 Å². The van der Waals surface area contributed by atoms with Gasteiger partial charge in [0.25, 0.3) is 0 Å². The lowest BCUT2D eigenvalue weighted by atomic mass is 10.4. The molecule has 0 unspecified atom stereocenters. The van der Waals surface area contributed by atoms with Gasteiger partial charge in [-0.25, -0.2) is 0 Å². The van der Waals surface area contributed by atoms with Crippen LogP contribution in [-0.4, -0.2) is 33.6 Å². The van der Waals surface area contributed by atoms with Crippen LogP contribution in [0.2, 0.25) is 0 Å².